The predicted molar refractivity (Wildman–Crippen MR) is 407 cm³/mol. The Hall–Kier alpha value is -7.41. The number of aromatic nitrogens is 4. The summed E-state index contributed by atoms with van der Waals surface area (Å²) in [7, 11) is 0. The van der Waals surface area contributed by atoms with E-state index in [2.05, 4.69) is 64.3 Å². The maximum absolute atomic E-state index is 12.7. The van der Waals surface area contributed by atoms with Gasteiger partial charge < -0.3 is 14.8 Å². The summed E-state index contributed by atoms with van der Waals surface area (Å²) in [6.07, 6.45) is 10.6. The lowest BCUT2D eigenvalue weighted by molar-refractivity contribution is -0.124. The number of imidazole rings is 2. The third-order valence-corrected chi connectivity index (χ3v) is 18.7. The Morgan fingerprint density at radius 1 is 0.333 bits per heavy atom. The molecule has 3 saturated heterocycles. The van der Waals surface area contributed by atoms with E-state index in [0.717, 1.165) is 6.29 Å². The molecule has 5 heterocycles. The van der Waals surface area contributed by atoms with E-state index in [1.165, 1.54) is 47.3 Å². The van der Waals surface area contributed by atoms with Gasteiger partial charge in [0, 0.05) is 201 Å². The Kier molecular flexibility index (Phi) is 46.2. The van der Waals surface area contributed by atoms with Crippen molar-refractivity contribution in [2.45, 2.75) is 127 Å². The number of ketones is 12. The van der Waals surface area contributed by atoms with Crippen LogP contribution in [0.2, 0.25) is 0 Å². The van der Waals surface area contributed by atoms with Crippen LogP contribution >= 0.6 is 0 Å². The summed E-state index contributed by atoms with van der Waals surface area (Å²) in [5.74, 6) is 0.532. The molecule has 0 aliphatic carbocycles. The van der Waals surface area contributed by atoms with E-state index in [1.807, 2.05) is 9.80 Å². The molecule has 0 spiro atoms. The van der Waals surface area contributed by atoms with Crippen molar-refractivity contribution in [2.24, 2.45) is 0 Å². The SMILES string of the molecule is CC(=O)CN1CCN(CC(C)=O)CCN(C(CCC=O)C(C)=O)CCN(CC(C)=O)CC1.CC(=O)CN1CCN(CC(C)=O)CCN(C(CCNC(=O)n2ccnc2)C(C)=O)CCN(CC(C)=O)CC1.CC(=O)CN1CCN(CC(C)=O)CCN(C(CCOC(=O)n2ccnc2)C(C)=O)CCN(CC(C)=O)CC1. The smallest absolute Gasteiger partial charge is 0.419 e. The van der Waals surface area contributed by atoms with Gasteiger partial charge in [-0.25, -0.2) is 24.1 Å². The molecule has 1 N–H and O–H groups in total. The lowest BCUT2D eigenvalue weighted by atomic mass is 10.1. The van der Waals surface area contributed by atoms with Crippen molar-refractivity contribution in [2.75, 3.05) is 229 Å². The van der Waals surface area contributed by atoms with E-state index in [9.17, 15) is 71.9 Å². The molecule has 5 rings (SSSR count). The average Bonchev–Trinajstić information content (AvgIpc) is 1.14. The van der Waals surface area contributed by atoms with E-state index < -0.39 is 18.2 Å². The Labute approximate surface area is 638 Å². The number of carbonyl (C=O) groups is 15. The second-order valence-electron chi connectivity index (χ2n) is 28.9. The van der Waals surface area contributed by atoms with E-state index in [1.54, 1.807) is 82.4 Å². The molecule has 0 bridgehead atoms. The average molecular weight is 1520 g/mol. The highest BCUT2D eigenvalue weighted by molar-refractivity contribution is 5.84. The Morgan fingerprint density at radius 3 is 0.787 bits per heavy atom. The van der Waals surface area contributed by atoms with Crippen LogP contribution < -0.4 is 5.32 Å². The number of aldehydes is 1. The summed E-state index contributed by atoms with van der Waals surface area (Å²) in [5, 5.41) is 2.83. The van der Waals surface area contributed by atoms with Crippen LogP contribution in [-0.2, 0) is 67.1 Å². The third kappa shape index (κ3) is 41.4. The molecule has 33 heteroatoms. The molecule has 3 fully saturated rings. The summed E-state index contributed by atoms with van der Waals surface area (Å²) in [6.45, 7) is 36.0. The quantitative estimate of drug-likeness (QED) is 0.0911. The van der Waals surface area contributed by atoms with Crippen LogP contribution in [0, 0.1) is 0 Å². The zero-order valence-corrected chi connectivity index (χ0v) is 66.5. The minimum Gasteiger partial charge on any atom is -0.449 e. The number of Topliss-reactive ketones (excluding diaryl/α,β-unsaturated/α-hetero) is 12. The normalized spacial score (nSPS) is 18.6. The molecular formula is C75H125N17O16. The maximum atomic E-state index is 12.7. The molecule has 3 unspecified atom stereocenters. The summed E-state index contributed by atoms with van der Waals surface area (Å²) < 4.78 is 7.92. The molecule has 2 aromatic heterocycles. The van der Waals surface area contributed by atoms with Crippen molar-refractivity contribution in [1.29, 1.82) is 0 Å². The number of nitrogens with one attached hydrogen (secondary N) is 1. The van der Waals surface area contributed by atoms with Crippen LogP contribution in [0.25, 0.3) is 0 Å². The minimum absolute atomic E-state index is 0.00200. The summed E-state index contributed by atoms with van der Waals surface area (Å²) in [4.78, 5) is 213. The van der Waals surface area contributed by atoms with E-state index in [-0.39, 0.29) is 101 Å². The lowest BCUT2D eigenvalue weighted by Gasteiger charge is -2.36. The Morgan fingerprint density at radius 2 is 0.565 bits per heavy atom. The number of rotatable bonds is 33. The predicted octanol–water partition coefficient (Wildman–Crippen LogP) is -0.107. The Balaban J connectivity index is 0.000000422. The highest BCUT2D eigenvalue weighted by Crippen LogP contribution is 2.15. The molecule has 108 heavy (non-hydrogen) atoms. The Bertz CT molecular complexity index is 2930. The van der Waals surface area contributed by atoms with E-state index >= 15 is 0 Å². The van der Waals surface area contributed by atoms with Gasteiger partial charge in [-0.05, 0) is 95.9 Å². The number of carbonyl (C=O) groups excluding carboxylic acids is 15. The van der Waals surface area contributed by atoms with Crippen LogP contribution in [0.15, 0.2) is 37.4 Å². The van der Waals surface area contributed by atoms with E-state index in [4.69, 9.17) is 4.74 Å². The maximum Gasteiger partial charge on any atom is 0.419 e. The minimum atomic E-state index is -0.561. The number of ether oxygens (including phenoxy) is 1. The molecular weight excluding hydrogens is 1390 g/mol. The monoisotopic (exact) mass is 1520 g/mol. The van der Waals surface area contributed by atoms with Crippen LogP contribution in [0.3, 0.4) is 0 Å². The van der Waals surface area contributed by atoms with Gasteiger partial charge in [-0.2, -0.15) is 0 Å². The number of nitrogens with zero attached hydrogens (tertiary/aromatic N) is 16. The number of hydrogen-bond acceptors (Lipinski definition) is 30. The van der Waals surface area contributed by atoms with Crippen molar-refractivity contribution in [1.82, 2.24) is 83.2 Å². The van der Waals surface area contributed by atoms with Crippen LogP contribution in [0.5, 0.6) is 0 Å². The molecule has 0 saturated carbocycles. The van der Waals surface area contributed by atoms with Crippen molar-refractivity contribution >= 4 is 87.8 Å². The molecule has 3 aliphatic rings. The van der Waals surface area contributed by atoms with Gasteiger partial charge in [0.25, 0.3) is 0 Å². The molecule has 606 valence electrons. The van der Waals surface area contributed by atoms with Crippen molar-refractivity contribution in [3.63, 3.8) is 0 Å². The van der Waals surface area contributed by atoms with Gasteiger partial charge in [-0.15, -0.1) is 0 Å². The van der Waals surface area contributed by atoms with Crippen LogP contribution in [-0.4, -0.2) is 413 Å². The summed E-state index contributed by atoms with van der Waals surface area (Å²) >= 11 is 0. The molecule has 0 aromatic carbocycles. The second-order valence-corrected chi connectivity index (χ2v) is 28.9. The van der Waals surface area contributed by atoms with Gasteiger partial charge in [-0.3, -0.25) is 121 Å². The number of amides is 1. The lowest BCUT2D eigenvalue weighted by Crippen LogP contribution is -2.52. The fourth-order valence-electron chi connectivity index (χ4n) is 13.5. The van der Waals surface area contributed by atoms with Gasteiger partial charge in [0.1, 0.15) is 88.3 Å². The molecule has 0 radical (unpaired) electrons. The molecule has 3 atom stereocenters. The molecule has 2 aromatic rings. The first-order valence-electron chi connectivity index (χ1n) is 37.8. The number of hydrogen-bond donors (Lipinski definition) is 1. The van der Waals surface area contributed by atoms with Crippen molar-refractivity contribution < 1.29 is 76.7 Å². The molecule has 33 nitrogen and oxygen atoms in total. The highest BCUT2D eigenvalue weighted by atomic mass is 16.5. The molecule has 3 aliphatic heterocycles. The second kappa shape index (κ2) is 52.7. The zero-order valence-electron chi connectivity index (χ0n) is 66.5. The van der Waals surface area contributed by atoms with Gasteiger partial charge in [0.15, 0.2) is 0 Å². The standard InChI is InChI=1S/C26H43N7O5.C26H42N6O6.C23H40N4O5/c1-21(34)17-29-9-11-30(18-22(2)35)13-15-32(16-14-31(12-10-29)19-23(3)36)25(24(4)37)5-6-28-26(38)33-8-7-27-20-33;1-21(33)17-28-8-10-29(18-22(2)34)12-14-31(15-13-30(11-9-28)19-23(3)35)25(24(4)36)5-16-38-26(37)32-7-6-27-20-32;1-19(29)16-24-7-9-25(17-20(2)30)11-13-27(23(22(4)32)6-5-15-28)14-12-26(10-8-24)18-21(3)31/h7-8,20,25H,5-6,9-19H2,1-4H3,(H,28,38);6-7,20,25H,5,8-19H2,1-4H3;15,23H,5-14,16-18H2,1-4H3. The molecule has 1 amide bonds. The zero-order chi connectivity index (χ0) is 80.3. The van der Waals surface area contributed by atoms with Crippen molar-refractivity contribution in [3.05, 3.63) is 37.4 Å². The van der Waals surface area contributed by atoms with Gasteiger partial charge in [0.05, 0.1) is 83.6 Å². The third-order valence-electron chi connectivity index (χ3n) is 18.7. The van der Waals surface area contributed by atoms with Gasteiger partial charge in [-0.1, -0.05) is 0 Å². The summed E-state index contributed by atoms with van der Waals surface area (Å²) in [5.41, 5.74) is 0. The van der Waals surface area contributed by atoms with Gasteiger partial charge >= 0.3 is 12.1 Å². The fourth-order valence-corrected chi connectivity index (χ4v) is 13.5. The summed E-state index contributed by atoms with van der Waals surface area (Å²) in [6, 6.07) is -1.58. The fraction of sp³-hybridized carbons (Fsp3) is 0.720. The van der Waals surface area contributed by atoms with Crippen molar-refractivity contribution in [3.8, 4) is 0 Å². The first-order valence-corrected chi connectivity index (χ1v) is 37.8. The van der Waals surface area contributed by atoms with Gasteiger partial charge in [0.2, 0.25) is 0 Å². The van der Waals surface area contributed by atoms with Crippen LogP contribution in [0.1, 0.15) is 109 Å². The largest absolute Gasteiger partial charge is 0.449 e. The van der Waals surface area contributed by atoms with E-state index in [0.29, 0.717) is 235 Å². The topological polar surface area (TPSA) is 352 Å². The highest BCUT2D eigenvalue weighted by Gasteiger charge is 2.30. The van der Waals surface area contributed by atoms with Crippen LogP contribution in [0.4, 0.5) is 9.59 Å². The first-order chi connectivity index (χ1) is 51.2. The first kappa shape index (κ1) is 94.8.